The second-order valence-corrected chi connectivity index (χ2v) is 7.17. The number of aliphatic hydroxyl groups excluding tert-OH is 1. The summed E-state index contributed by atoms with van der Waals surface area (Å²) in [5.74, 6) is 0.0284. The van der Waals surface area contributed by atoms with Crippen LogP contribution in [0.1, 0.15) is 64.7 Å². The molecule has 144 valence electrons. The molecule has 1 aliphatic heterocycles. The second-order valence-electron chi connectivity index (χ2n) is 7.17. The van der Waals surface area contributed by atoms with Crippen LogP contribution in [0.25, 0.3) is 0 Å². The number of carbonyl (C=O) groups is 2. The maximum absolute atomic E-state index is 12.2. The van der Waals surface area contributed by atoms with Crippen LogP contribution in [0, 0.1) is 0 Å². The molecular formula is C18H33N3O4. The van der Waals surface area contributed by atoms with E-state index in [9.17, 15) is 14.7 Å². The van der Waals surface area contributed by atoms with Gasteiger partial charge >= 0.3 is 6.03 Å². The van der Waals surface area contributed by atoms with Crippen molar-refractivity contribution in [2.24, 2.45) is 0 Å². The molecule has 2 fully saturated rings. The number of hydrogen-bond acceptors (Lipinski definition) is 4. The first-order valence-corrected chi connectivity index (χ1v) is 9.72. The lowest BCUT2D eigenvalue weighted by Crippen LogP contribution is -2.54. The molecule has 0 aromatic carbocycles. The molecule has 2 rings (SSSR count). The largest absolute Gasteiger partial charge is 0.394 e. The maximum Gasteiger partial charge on any atom is 0.315 e. The summed E-state index contributed by atoms with van der Waals surface area (Å²) in [5.41, 5.74) is 0. The van der Waals surface area contributed by atoms with Gasteiger partial charge in [-0.1, -0.05) is 26.2 Å². The average Bonchev–Trinajstić information content (AvgIpc) is 2.62. The van der Waals surface area contributed by atoms with E-state index in [1.54, 1.807) is 0 Å². The van der Waals surface area contributed by atoms with Crippen molar-refractivity contribution >= 4 is 11.9 Å². The zero-order valence-corrected chi connectivity index (χ0v) is 15.3. The lowest BCUT2D eigenvalue weighted by Gasteiger charge is -2.36. The molecule has 7 heteroatoms. The summed E-state index contributed by atoms with van der Waals surface area (Å²) in [6.07, 6.45) is 7.69. The van der Waals surface area contributed by atoms with E-state index >= 15 is 0 Å². The van der Waals surface area contributed by atoms with Gasteiger partial charge in [-0.3, -0.25) is 4.79 Å². The minimum absolute atomic E-state index is 0.0284. The highest BCUT2D eigenvalue weighted by Crippen LogP contribution is 2.23. The van der Waals surface area contributed by atoms with Crippen molar-refractivity contribution in [2.45, 2.75) is 89.0 Å². The molecule has 0 spiro atoms. The summed E-state index contributed by atoms with van der Waals surface area (Å²) in [6.45, 7) is 2.44. The number of hydrogen-bond donors (Lipinski definition) is 4. The Balaban J connectivity index is 1.74. The third-order valence-corrected chi connectivity index (χ3v) is 5.03. The fourth-order valence-corrected chi connectivity index (χ4v) is 3.65. The number of aliphatic hydroxyl groups is 1. The Morgan fingerprint density at radius 1 is 1.08 bits per heavy atom. The first-order chi connectivity index (χ1) is 12.1. The molecule has 4 N–H and O–H groups in total. The van der Waals surface area contributed by atoms with Gasteiger partial charge in [0, 0.05) is 12.6 Å². The predicted molar refractivity (Wildman–Crippen MR) is 95.2 cm³/mol. The van der Waals surface area contributed by atoms with Crippen molar-refractivity contribution in [3.8, 4) is 0 Å². The highest BCUT2D eigenvalue weighted by atomic mass is 16.5. The van der Waals surface area contributed by atoms with Gasteiger partial charge in [0.05, 0.1) is 25.2 Å². The Hall–Kier alpha value is -1.34. The number of amides is 3. The monoisotopic (exact) mass is 355 g/mol. The summed E-state index contributed by atoms with van der Waals surface area (Å²) in [6, 6.07) is -0.156. The van der Waals surface area contributed by atoms with E-state index in [-0.39, 0.29) is 30.7 Å². The van der Waals surface area contributed by atoms with Gasteiger partial charge in [-0.2, -0.15) is 0 Å². The van der Waals surface area contributed by atoms with Gasteiger partial charge in [0.1, 0.15) is 6.10 Å². The highest BCUT2D eigenvalue weighted by Gasteiger charge is 2.33. The maximum atomic E-state index is 12.2. The van der Waals surface area contributed by atoms with E-state index < -0.39 is 6.10 Å². The molecule has 0 radical (unpaired) electrons. The molecule has 1 aliphatic carbocycles. The fraction of sp³-hybridized carbons (Fsp3) is 0.889. The normalized spacial score (nSPS) is 27.5. The topological polar surface area (TPSA) is 99.7 Å². The Bertz CT molecular complexity index is 427. The lowest BCUT2D eigenvalue weighted by atomic mass is 9.94. The number of nitrogens with one attached hydrogen (secondary N) is 3. The quantitative estimate of drug-likeness (QED) is 0.555. The summed E-state index contributed by atoms with van der Waals surface area (Å²) in [7, 11) is 0. The molecule has 0 unspecified atom stereocenters. The van der Waals surface area contributed by atoms with Gasteiger partial charge in [-0.05, 0) is 32.1 Å². The first-order valence-electron chi connectivity index (χ1n) is 9.72. The molecule has 0 bridgehead atoms. The van der Waals surface area contributed by atoms with Crippen LogP contribution in [0.5, 0.6) is 0 Å². The SMILES string of the molecule is CCCNC(=O)N[C@H]1CC[C@@H](CC(=O)NC2CCCCC2)O[C@@H]1CO. The molecule has 7 nitrogen and oxygen atoms in total. The van der Waals surface area contributed by atoms with Crippen molar-refractivity contribution in [3.05, 3.63) is 0 Å². The summed E-state index contributed by atoms with van der Waals surface area (Å²) in [5, 5.41) is 18.3. The smallest absolute Gasteiger partial charge is 0.315 e. The van der Waals surface area contributed by atoms with E-state index in [1.165, 1.54) is 19.3 Å². The average molecular weight is 355 g/mol. The number of carbonyl (C=O) groups excluding carboxylic acids is 2. The molecule has 25 heavy (non-hydrogen) atoms. The van der Waals surface area contributed by atoms with Crippen LogP contribution in [-0.2, 0) is 9.53 Å². The zero-order chi connectivity index (χ0) is 18.1. The molecule has 1 saturated carbocycles. The third kappa shape index (κ3) is 6.82. The Morgan fingerprint density at radius 3 is 2.52 bits per heavy atom. The van der Waals surface area contributed by atoms with Crippen molar-refractivity contribution in [1.29, 1.82) is 0 Å². The Kier molecular flexibility index (Phi) is 8.48. The van der Waals surface area contributed by atoms with Crippen LogP contribution in [0.4, 0.5) is 4.79 Å². The van der Waals surface area contributed by atoms with Gasteiger partial charge in [0.15, 0.2) is 0 Å². The number of urea groups is 1. The van der Waals surface area contributed by atoms with Crippen LogP contribution in [0.3, 0.4) is 0 Å². The third-order valence-electron chi connectivity index (χ3n) is 5.03. The number of rotatable bonds is 7. The predicted octanol–water partition coefficient (Wildman–Crippen LogP) is 1.44. The van der Waals surface area contributed by atoms with E-state index in [0.29, 0.717) is 31.8 Å². The molecule has 3 atom stereocenters. The molecule has 1 saturated heterocycles. The van der Waals surface area contributed by atoms with Crippen molar-refractivity contribution in [3.63, 3.8) is 0 Å². The van der Waals surface area contributed by atoms with E-state index in [1.807, 2.05) is 6.92 Å². The molecule has 2 aliphatic rings. The molecule has 0 aromatic rings. The molecule has 3 amide bonds. The zero-order valence-electron chi connectivity index (χ0n) is 15.3. The van der Waals surface area contributed by atoms with Gasteiger partial charge in [-0.15, -0.1) is 0 Å². The summed E-state index contributed by atoms with van der Waals surface area (Å²) >= 11 is 0. The molecule has 1 heterocycles. The van der Waals surface area contributed by atoms with Crippen molar-refractivity contribution in [2.75, 3.05) is 13.2 Å². The van der Waals surface area contributed by atoms with Crippen LogP contribution < -0.4 is 16.0 Å². The van der Waals surface area contributed by atoms with Crippen LogP contribution in [0.2, 0.25) is 0 Å². The van der Waals surface area contributed by atoms with Gasteiger partial charge < -0.3 is 25.8 Å². The van der Waals surface area contributed by atoms with Gasteiger partial charge in [0.25, 0.3) is 0 Å². The first kappa shape index (κ1) is 20.0. The van der Waals surface area contributed by atoms with Crippen molar-refractivity contribution in [1.82, 2.24) is 16.0 Å². The number of ether oxygens (including phenoxy) is 1. The van der Waals surface area contributed by atoms with Gasteiger partial charge in [0.2, 0.25) is 5.91 Å². The molecule has 0 aromatic heterocycles. The molecular weight excluding hydrogens is 322 g/mol. The highest BCUT2D eigenvalue weighted by molar-refractivity contribution is 5.77. The second kappa shape index (κ2) is 10.6. The van der Waals surface area contributed by atoms with Crippen molar-refractivity contribution < 1.29 is 19.4 Å². The summed E-state index contributed by atoms with van der Waals surface area (Å²) in [4.78, 5) is 24.0. The van der Waals surface area contributed by atoms with Crippen LogP contribution >= 0.6 is 0 Å². The fourth-order valence-electron chi connectivity index (χ4n) is 3.65. The van der Waals surface area contributed by atoms with E-state index in [2.05, 4.69) is 16.0 Å². The summed E-state index contributed by atoms with van der Waals surface area (Å²) < 4.78 is 5.86. The lowest BCUT2D eigenvalue weighted by molar-refractivity contribution is -0.131. The van der Waals surface area contributed by atoms with Crippen LogP contribution in [0.15, 0.2) is 0 Å². The van der Waals surface area contributed by atoms with Gasteiger partial charge in [-0.25, -0.2) is 4.79 Å². The minimum Gasteiger partial charge on any atom is -0.394 e. The Labute approximate surface area is 150 Å². The van der Waals surface area contributed by atoms with Crippen LogP contribution in [-0.4, -0.2) is 54.5 Å². The van der Waals surface area contributed by atoms with E-state index in [0.717, 1.165) is 19.3 Å². The Morgan fingerprint density at radius 2 is 1.84 bits per heavy atom. The minimum atomic E-state index is -0.464. The standard InChI is InChI=1S/C18H33N3O4/c1-2-10-19-18(24)21-15-9-8-14(25-16(15)12-22)11-17(23)20-13-6-4-3-5-7-13/h13-16,22H,2-12H2,1H3,(H,20,23)(H2,19,21,24)/t14-,15-,16+/m0/s1. The van der Waals surface area contributed by atoms with E-state index in [4.69, 9.17) is 4.74 Å².